The molecule has 31 heavy (non-hydrogen) atoms. The molecule has 7 nitrogen and oxygen atoms in total. The zero-order valence-corrected chi connectivity index (χ0v) is 17.8. The third-order valence-electron chi connectivity index (χ3n) is 5.69. The van der Waals surface area contributed by atoms with E-state index in [9.17, 15) is 4.39 Å². The smallest absolute Gasteiger partial charge is 0.319 e. The highest BCUT2D eigenvalue weighted by Crippen LogP contribution is 2.35. The molecule has 0 saturated carbocycles. The van der Waals surface area contributed by atoms with Crippen LogP contribution in [0.3, 0.4) is 0 Å². The maximum Gasteiger partial charge on any atom is 0.319 e. The minimum atomic E-state index is -0.478. The lowest BCUT2D eigenvalue weighted by atomic mass is 9.86. The van der Waals surface area contributed by atoms with Crippen molar-refractivity contribution in [3.05, 3.63) is 47.2 Å². The summed E-state index contributed by atoms with van der Waals surface area (Å²) in [6.45, 7) is 4.01. The molecular weight excluding hydrogens is 423 g/mol. The topological polar surface area (TPSA) is 68.7 Å². The molecule has 2 aliphatic heterocycles. The molecule has 2 aromatic carbocycles. The first-order chi connectivity index (χ1) is 15.0. The Kier molecular flexibility index (Phi) is 5.29. The molecular formula is C22H22ClFN4O3. The summed E-state index contributed by atoms with van der Waals surface area (Å²) in [7, 11) is 1.60. The quantitative estimate of drug-likeness (QED) is 0.590. The van der Waals surface area contributed by atoms with Gasteiger partial charge in [-0.05, 0) is 30.3 Å². The number of halogens is 2. The number of methoxy groups -OCH3 is 1. The van der Waals surface area contributed by atoms with Gasteiger partial charge in [0.15, 0.2) is 0 Å². The summed E-state index contributed by atoms with van der Waals surface area (Å²) in [5, 5.41) is 4.00. The molecule has 162 valence electrons. The SMILES string of the molecule is COc1ccc2c(Nc3ccc(F)c(Cl)c3)nc(OCCN3CC4(CCO4)C3)nc2c1. The number of ether oxygens (including phenoxy) is 3. The van der Waals surface area contributed by atoms with Crippen molar-refractivity contribution < 1.29 is 18.6 Å². The third-order valence-corrected chi connectivity index (χ3v) is 5.98. The summed E-state index contributed by atoms with van der Waals surface area (Å²) in [5.74, 6) is 0.740. The van der Waals surface area contributed by atoms with E-state index in [2.05, 4.69) is 20.2 Å². The molecule has 0 unspecified atom stereocenters. The van der Waals surface area contributed by atoms with Crippen LogP contribution in [0.5, 0.6) is 11.8 Å². The molecule has 2 fully saturated rings. The largest absolute Gasteiger partial charge is 0.497 e. The van der Waals surface area contributed by atoms with Gasteiger partial charge in [0.25, 0.3) is 0 Å². The number of hydrogen-bond acceptors (Lipinski definition) is 7. The van der Waals surface area contributed by atoms with Crippen LogP contribution >= 0.6 is 11.6 Å². The van der Waals surface area contributed by atoms with Crippen LogP contribution in [0.2, 0.25) is 5.02 Å². The Labute approximate surface area is 184 Å². The van der Waals surface area contributed by atoms with Crippen molar-refractivity contribution >= 4 is 34.0 Å². The molecule has 0 bridgehead atoms. The monoisotopic (exact) mass is 444 g/mol. The van der Waals surface area contributed by atoms with E-state index in [1.807, 2.05) is 18.2 Å². The molecule has 0 radical (unpaired) electrons. The van der Waals surface area contributed by atoms with Gasteiger partial charge >= 0.3 is 6.01 Å². The normalized spacial score (nSPS) is 17.3. The van der Waals surface area contributed by atoms with Crippen LogP contribution in [0.25, 0.3) is 10.9 Å². The average molecular weight is 445 g/mol. The highest BCUT2D eigenvalue weighted by molar-refractivity contribution is 6.31. The Bertz CT molecular complexity index is 1120. The fraction of sp³-hybridized carbons (Fsp3) is 0.364. The lowest BCUT2D eigenvalue weighted by molar-refractivity contribution is -0.222. The molecule has 2 aliphatic rings. The van der Waals surface area contributed by atoms with E-state index in [4.69, 9.17) is 25.8 Å². The number of nitrogens with one attached hydrogen (secondary N) is 1. The Balaban J connectivity index is 1.35. The molecule has 9 heteroatoms. The van der Waals surface area contributed by atoms with E-state index in [1.54, 1.807) is 13.2 Å². The van der Waals surface area contributed by atoms with E-state index in [1.165, 1.54) is 12.1 Å². The van der Waals surface area contributed by atoms with Crippen LogP contribution in [-0.4, -0.2) is 60.4 Å². The van der Waals surface area contributed by atoms with Crippen molar-refractivity contribution in [3.8, 4) is 11.8 Å². The van der Waals surface area contributed by atoms with E-state index < -0.39 is 5.82 Å². The minimum absolute atomic E-state index is 0.0317. The molecule has 0 amide bonds. The summed E-state index contributed by atoms with van der Waals surface area (Å²) < 4.78 is 30.4. The predicted octanol–water partition coefficient (Wildman–Crippen LogP) is 4.03. The lowest BCUT2D eigenvalue weighted by Crippen LogP contribution is -2.68. The van der Waals surface area contributed by atoms with Crippen LogP contribution in [0, 0.1) is 5.82 Å². The van der Waals surface area contributed by atoms with E-state index in [0.29, 0.717) is 29.4 Å². The van der Waals surface area contributed by atoms with Crippen molar-refractivity contribution in [1.29, 1.82) is 0 Å². The summed E-state index contributed by atoms with van der Waals surface area (Å²) in [5.41, 5.74) is 1.38. The number of rotatable bonds is 7. The first-order valence-corrected chi connectivity index (χ1v) is 10.5. The Morgan fingerprint density at radius 2 is 2.06 bits per heavy atom. The van der Waals surface area contributed by atoms with Crippen molar-refractivity contribution in [1.82, 2.24) is 14.9 Å². The van der Waals surface area contributed by atoms with Gasteiger partial charge in [-0.3, -0.25) is 4.90 Å². The maximum absolute atomic E-state index is 13.5. The first kappa shape index (κ1) is 20.2. The van der Waals surface area contributed by atoms with Crippen molar-refractivity contribution in [3.63, 3.8) is 0 Å². The van der Waals surface area contributed by atoms with E-state index >= 15 is 0 Å². The Morgan fingerprint density at radius 1 is 1.23 bits per heavy atom. The second-order valence-electron chi connectivity index (χ2n) is 7.83. The molecule has 0 atom stereocenters. The van der Waals surface area contributed by atoms with Gasteiger partial charge in [0.1, 0.15) is 24.0 Å². The molecule has 0 aliphatic carbocycles. The highest BCUT2D eigenvalue weighted by Gasteiger charge is 2.48. The third kappa shape index (κ3) is 4.11. The lowest BCUT2D eigenvalue weighted by Gasteiger charge is -2.55. The van der Waals surface area contributed by atoms with E-state index in [0.717, 1.165) is 38.0 Å². The number of nitrogens with zero attached hydrogens (tertiary/aromatic N) is 3. The molecule has 5 rings (SSSR count). The van der Waals surface area contributed by atoms with Crippen LogP contribution in [0.4, 0.5) is 15.9 Å². The molecule has 3 heterocycles. The summed E-state index contributed by atoms with van der Waals surface area (Å²) in [6, 6.07) is 10.2. The summed E-state index contributed by atoms with van der Waals surface area (Å²) in [4.78, 5) is 11.4. The zero-order chi connectivity index (χ0) is 21.4. The number of anilines is 2. The van der Waals surface area contributed by atoms with Gasteiger partial charge in [-0.1, -0.05) is 11.6 Å². The van der Waals surface area contributed by atoms with Crippen molar-refractivity contribution in [2.24, 2.45) is 0 Å². The van der Waals surface area contributed by atoms with Gasteiger partial charge in [0.2, 0.25) is 0 Å². The van der Waals surface area contributed by atoms with Gasteiger partial charge in [0.05, 0.1) is 29.9 Å². The second-order valence-corrected chi connectivity index (χ2v) is 8.24. The Morgan fingerprint density at radius 3 is 2.77 bits per heavy atom. The maximum atomic E-state index is 13.5. The van der Waals surface area contributed by atoms with Gasteiger partial charge < -0.3 is 19.5 Å². The standard InChI is InChI=1S/C22H22ClFN4O3/c1-29-15-3-4-16-19(11-15)26-21(30-9-7-28-12-22(13-28)6-8-31-22)27-20(16)25-14-2-5-18(24)17(23)10-14/h2-5,10-11H,6-9,12-13H2,1H3,(H,25,26,27). The number of hydrogen-bond donors (Lipinski definition) is 1. The molecule has 1 spiro atoms. The van der Waals surface area contributed by atoms with Crippen molar-refractivity contribution in [2.45, 2.75) is 12.0 Å². The molecule has 1 aromatic heterocycles. The number of fused-ring (bicyclic) bond motifs is 1. The van der Waals surface area contributed by atoms with Gasteiger partial charge in [0, 0.05) is 43.2 Å². The van der Waals surface area contributed by atoms with Crippen LogP contribution in [0.15, 0.2) is 36.4 Å². The number of benzene rings is 2. The number of likely N-dealkylation sites (tertiary alicyclic amines) is 1. The van der Waals surface area contributed by atoms with Crippen molar-refractivity contribution in [2.75, 3.05) is 45.3 Å². The van der Waals surface area contributed by atoms with Gasteiger partial charge in [-0.2, -0.15) is 9.97 Å². The van der Waals surface area contributed by atoms with E-state index in [-0.39, 0.29) is 16.6 Å². The van der Waals surface area contributed by atoms with Crippen LogP contribution < -0.4 is 14.8 Å². The average Bonchev–Trinajstić information content (AvgIpc) is 2.70. The minimum Gasteiger partial charge on any atom is -0.497 e. The second kappa shape index (κ2) is 8.11. The highest BCUT2D eigenvalue weighted by atomic mass is 35.5. The van der Waals surface area contributed by atoms with Crippen LogP contribution in [-0.2, 0) is 4.74 Å². The molecule has 1 N–H and O–H groups in total. The first-order valence-electron chi connectivity index (χ1n) is 10.1. The number of aromatic nitrogens is 2. The fourth-order valence-electron chi connectivity index (χ4n) is 3.92. The van der Waals surface area contributed by atoms with Gasteiger partial charge in [-0.25, -0.2) is 4.39 Å². The summed E-state index contributed by atoms with van der Waals surface area (Å²) >= 11 is 5.92. The predicted molar refractivity (Wildman–Crippen MR) is 116 cm³/mol. The summed E-state index contributed by atoms with van der Waals surface area (Å²) in [6.07, 6.45) is 1.14. The fourth-order valence-corrected chi connectivity index (χ4v) is 4.10. The Hall–Kier alpha value is -2.68. The molecule has 2 saturated heterocycles. The van der Waals surface area contributed by atoms with Crippen LogP contribution in [0.1, 0.15) is 6.42 Å². The van der Waals surface area contributed by atoms with Gasteiger partial charge in [-0.15, -0.1) is 0 Å². The molecule has 3 aromatic rings. The zero-order valence-electron chi connectivity index (χ0n) is 17.0.